The number of benzene rings is 1. The van der Waals surface area contributed by atoms with Gasteiger partial charge in [-0.05, 0) is 30.4 Å². The molecule has 0 bridgehead atoms. The lowest BCUT2D eigenvalue weighted by Crippen LogP contribution is -2.43. The minimum atomic E-state index is -0.290. The first kappa shape index (κ1) is 16.5. The van der Waals surface area contributed by atoms with Crippen LogP contribution in [0.25, 0.3) is 0 Å². The van der Waals surface area contributed by atoms with Gasteiger partial charge in [-0.2, -0.15) is 0 Å². The molecular weight excluding hydrogens is 260 g/mol. The normalized spacial score (nSPS) is 19.8. The highest BCUT2D eigenvalue weighted by Gasteiger charge is 2.19. The van der Waals surface area contributed by atoms with Gasteiger partial charge in [0.1, 0.15) is 0 Å². The molecule has 21 heavy (non-hydrogen) atoms. The Hall–Kier alpha value is -0.900. The Balaban J connectivity index is 1.75. The van der Waals surface area contributed by atoms with Crippen LogP contribution in [0, 0.1) is 5.92 Å². The van der Waals surface area contributed by atoms with Crippen LogP contribution in [-0.4, -0.2) is 41.8 Å². The average Bonchev–Trinajstić information content (AvgIpc) is 2.51. The van der Waals surface area contributed by atoms with E-state index < -0.39 is 0 Å². The van der Waals surface area contributed by atoms with Crippen LogP contribution in [0.2, 0.25) is 0 Å². The molecule has 3 atom stereocenters. The summed E-state index contributed by atoms with van der Waals surface area (Å²) in [6.45, 7) is 10.1. The first-order valence-corrected chi connectivity index (χ1v) is 8.30. The summed E-state index contributed by atoms with van der Waals surface area (Å²) in [7, 11) is 0. The number of hydrogen-bond donors (Lipinski definition) is 2. The van der Waals surface area contributed by atoms with Gasteiger partial charge >= 0.3 is 0 Å². The van der Waals surface area contributed by atoms with E-state index in [1.807, 2.05) is 0 Å². The summed E-state index contributed by atoms with van der Waals surface area (Å²) >= 11 is 0. The summed E-state index contributed by atoms with van der Waals surface area (Å²) in [6, 6.07) is 9.11. The molecule has 118 valence electrons. The van der Waals surface area contributed by atoms with E-state index >= 15 is 0 Å². The van der Waals surface area contributed by atoms with Crippen LogP contribution in [0.1, 0.15) is 38.3 Å². The maximum atomic E-state index is 10.2. The van der Waals surface area contributed by atoms with Gasteiger partial charge in [0.2, 0.25) is 0 Å². The standard InChI is InChI=1S/C18H30N2O/c1-4-14(2)15(3)19-11-18(21)13-20-10-9-16-7-5-6-8-17(16)12-20/h5-8,14-15,18-19,21H,4,9-13H2,1-3H3. The SMILES string of the molecule is CCC(C)C(C)NCC(O)CN1CCc2ccccc2C1. The number of β-amino-alcohol motifs (C(OH)–C–C–N with tert-alkyl or cyclic N) is 1. The van der Waals surface area contributed by atoms with Crippen molar-refractivity contribution in [1.82, 2.24) is 10.2 Å². The summed E-state index contributed by atoms with van der Waals surface area (Å²) in [6.07, 6.45) is 1.98. The van der Waals surface area contributed by atoms with Gasteiger partial charge in [0, 0.05) is 32.2 Å². The monoisotopic (exact) mass is 290 g/mol. The summed E-state index contributed by atoms with van der Waals surface area (Å²) in [5.74, 6) is 0.652. The first-order valence-electron chi connectivity index (χ1n) is 8.30. The molecule has 1 aromatic rings. The zero-order chi connectivity index (χ0) is 15.2. The van der Waals surface area contributed by atoms with Gasteiger partial charge in [-0.3, -0.25) is 4.90 Å². The highest BCUT2D eigenvalue weighted by molar-refractivity contribution is 5.29. The second-order valence-corrected chi connectivity index (χ2v) is 6.49. The third-order valence-corrected chi connectivity index (χ3v) is 4.85. The molecule has 1 aromatic carbocycles. The Bertz CT molecular complexity index is 435. The fourth-order valence-corrected chi connectivity index (χ4v) is 2.95. The molecule has 0 aromatic heterocycles. The van der Waals surface area contributed by atoms with Crippen LogP contribution in [0.4, 0.5) is 0 Å². The fraction of sp³-hybridized carbons (Fsp3) is 0.667. The summed E-state index contributed by atoms with van der Waals surface area (Å²) in [4.78, 5) is 2.36. The van der Waals surface area contributed by atoms with E-state index in [0.29, 0.717) is 18.5 Å². The number of hydrogen-bond acceptors (Lipinski definition) is 3. The minimum absolute atomic E-state index is 0.290. The smallest absolute Gasteiger partial charge is 0.0791 e. The average molecular weight is 290 g/mol. The van der Waals surface area contributed by atoms with Gasteiger partial charge in [0.25, 0.3) is 0 Å². The van der Waals surface area contributed by atoms with E-state index in [4.69, 9.17) is 0 Å². The minimum Gasteiger partial charge on any atom is -0.390 e. The van der Waals surface area contributed by atoms with Crippen molar-refractivity contribution in [2.75, 3.05) is 19.6 Å². The summed E-state index contributed by atoms with van der Waals surface area (Å²) < 4.78 is 0. The lowest BCUT2D eigenvalue weighted by molar-refractivity contribution is 0.100. The van der Waals surface area contributed by atoms with Crippen LogP contribution in [0.3, 0.4) is 0 Å². The van der Waals surface area contributed by atoms with Gasteiger partial charge in [0.05, 0.1) is 6.10 Å². The lowest BCUT2D eigenvalue weighted by atomic mass is 9.99. The Morgan fingerprint density at radius 2 is 1.95 bits per heavy atom. The van der Waals surface area contributed by atoms with Crippen molar-refractivity contribution in [1.29, 1.82) is 0 Å². The molecule has 1 aliphatic rings. The Morgan fingerprint density at radius 3 is 2.67 bits per heavy atom. The van der Waals surface area contributed by atoms with Crippen molar-refractivity contribution in [3.05, 3.63) is 35.4 Å². The Morgan fingerprint density at radius 1 is 1.24 bits per heavy atom. The van der Waals surface area contributed by atoms with E-state index in [2.05, 4.69) is 55.3 Å². The number of fused-ring (bicyclic) bond motifs is 1. The van der Waals surface area contributed by atoms with Crippen LogP contribution < -0.4 is 5.32 Å². The molecule has 0 amide bonds. The Labute approximate surface area is 129 Å². The molecule has 3 unspecified atom stereocenters. The molecule has 0 saturated heterocycles. The molecule has 1 aliphatic heterocycles. The van der Waals surface area contributed by atoms with Gasteiger partial charge in [0.15, 0.2) is 0 Å². The van der Waals surface area contributed by atoms with E-state index in [9.17, 15) is 5.11 Å². The molecule has 0 aliphatic carbocycles. The van der Waals surface area contributed by atoms with Crippen molar-refractivity contribution in [3.8, 4) is 0 Å². The van der Waals surface area contributed by atoms with Gasteiger partial charge < -0.3 is 10.4 Å². The van der Waals surface area contributed by atoms with E-state index in [1.165, 1.54) is 17.5 Å². The molecule has 0 spiro atoms. The molecule has 2 N–H and O–H groups in total. The number of aliphatic hydroxyl groups is 1. The fourth-order valence-electron chi connectivity index (χ4n) is 2.95. The zero-order valence-electron chi connectivity index (χ0n) is 13.7. The number of nitrogens with one attached hydrogen (secondary N) is 1. The third-order valence-electron chi connectivity index (χ3n) is 4.85. The van der Waals surface area contributed by atoms with E-state index in [1.54, 1.807) is 0 Å². The van der Waals surface area contributed by atoms with Crippen molar-refractivity contribution in [2.24, 2.45) is 5.92 Å². The highest BCUT2D eigenvalue weighted by atomic mass is 16.3. The first-order chi connectivity index (χ1) is 10.1. The molecular formula is C18H30N2O. The highest BCUT2D eigenvalue weighted by Crippen LogP contribution is 2.18. The predicted molar refractivity (Wildman–Crippen MR) is 88.3 cm³/mol. The second kappa shape index (κ2) is 7.92. The summed E-state index contributed by atoms with van der Waals surface area (Å²) in [5.41, 5.74) is 2.88. The lowest BCUT2D eigenvalue weighted by Gasteiger charge is -2.31. The van der Waals surface area contributed by atoms with Crippen molar-refractivity contribution in [2.45, 2.75) is 52.3 Å². The second-order valence-electron chi connectivity index (χ2n) is 6.49. The Kier molecular flexibility index (Phi) is 6.22. The van der Waals surface area contributed by atoms with Gasteiger partial charge in [-0.1, -0.05) is 44.5 Å². The van der Waals surface area contributed by atoms with Crippen LogP contribution >= 0.6 is 0 Å². The van der Waals surface area contributed by atoms with Crippen LogP contribution in [0.15, 0.2) is 24.3 Å². The van der Waals surface area contributed by atoms with E-state index in [-0.39, 0.29) is 6.10 Å². The summed E-state index contributed by atoms with van der Waals surface area (Å²) in [5, 5.41) is 13.7. The molecule has 1 heterocycles. The van der Waals surface area contributed by atoms with Crippen LogP contribution in [0.5, 0.6) is 0 Å². The molecule has 0 fully saturated rings. The largest absolute Gasteiger partial charge is 0.390 e. The van der Waals surface area contributed by atoms with Gasteiger partial charge in [-0.25, -0.2) is 0 Å². The molecule has 3 nitrogen and oxygen atoms in total. The third kappa shape index (κ3) is 4.80. The topological polar surface area (TPSA) is 35.5 Å². The molecule has 0 radical (unpaired) electrons. The molecule has 3 heteroatoms. The van der Waals surface area contributed by atoms with Crippen molar-refractivity contribution in [3.63, 3.8) is 0 Å². The van der Waals surface area contributed by atoms with Crippen LogP contribution in [-0.2, 0) is 13.0 Å². The number of aliphatic hydroxyl groups excluding tert-OH is 1. The predicted octanol–water partition coefficient (Wildman–Crippen LogP) is 2.43. The van der Waals surface area contributed by atoms with Gasteiger partial charge in [-0.15, -0.1) is 0 Å². The van der Waals surface area contributed by atoms with Crippen molar-refractivity contribution < 1.29 is 5.11 Å². The quantitative estimate of drug-likeness (QED) is 0.809. The molecule has 0 saturated carbocycles. The van der Waals surface area contributed by atoms with E-state index in [0.717, 1.165) is 26.1 Å². The number of nitrogens with zero attached hydrogens (tertiary/aromatic N) is 1. The zero-order valence-corrected chi connectivity index (χ0v) is 13.7. The number of rotatable bonds is 7. The maximum Gasteiger partial charge on any atom is 0.0791 e. The van der Waals surface area contributed by atoms with Crippen molar-refractivity contribution >= 4 is 0 Å². The molecule has 2 rings (SSSR count). The maximum absolute atomic E-state index is 10.2.